The molecular formula is C23H26N6O2. The minimum Gasteiger partial charge on any atom is -0.346 e. The van der Waals surface area contributed by atoms with Crippen LogP contribution in [0.5, 0.6) is 0 Å². The molecule has 2 heterocycles. The van der Waals surface area contributed by atoms with Crippen molar-refractivity contribution in [2.45, 2.75) is 45.7 Å². The van der Waals surface area contributed by atoms with Crippen molar-refractivity contribution in [3.63, 3.8) is 0 Å². The Morgan fingerprint density at radius 2 is 1.87 bits per heavy atom. The van der Waals surface area contributed by atoms with Crippen LogP contribution < -0.4 is 10.9 Å². The van der Waals surface area contributed by atoms with E-state index in [0.717, 1.165) is 23.3 Å². The summed E-state index contributed by atoms with van der Waals surface area (Å²) in [6.07, 6.45) is 1.68. The van der Waals surface area contributed by atoms with Crippen molar-refractivity contribution < 1.29 is 4.79 Å². The summed E-state index contributed by atoms with van der Waals surface area (Å²) in [6.45, 7) is 4.53. The third-order valence-electron chi connectivity index (χ3n) is 5.63. The fourth-order valence-electron chi connectivity index (χ4n) is 3.64. The summed E-state index contributed by atoms with van der Waals surface area (Å²) in [5, 5.41) is 11.7. The van der Waals surface area contributed by atoms with Gasteiger partial charge in [-0.25, -0.2) is 9.67 Å². The molecule has 0 saturated carbocycles. The van der Waals surface area contributed by atoms with Crippen LogP contribution in [0, 0.1) is 5.92 Å². The van der Waals surface area contributed by atoms with Gasteiger partial charge in [0.2, 0.25) is 5.91 Å². The lowest BCUT2D eigenvalue weighted by molar-refractivity contribution is -0.122. The molecule has 8 heteroatoms. The van der Waals surface area contributed by atoms with Crippen LogP contribution in [-0.2, 0) is 11.3 Å². The number of carbonyl (C=O) groups excluding carboxylic acids is 1. The number of H-pyrrole nitrogens is 1. The van der Waals surface area contributed by atoms with E-state index in [1.165, 1.54) is 4.68 Å². The van der Waals surface area contributed by atoms with Gasteiger partial charge >= 0.3 is 0 Å². The van der Waals surface area contributed by atoms with E-state index >= 15 is 0 Å². The van der Waals surface area contributed by atoms with Crippen LogP contribution in [0.15, 0.2) is 53.3 Å². The molecular weight excluding hydrogens is 392 g/mol. The van der Waals surface area contributed by atoms with Crippen LogP contribution in [0.4, 0.5) is 0 Å². The van der Waals surface area contributed by atoms with E-state index < -0.39 is 0 Å². The first-order chi connectivity index (χ1) is 15.1. The second kappa shape index (κ2) is 9.07. The first-order valence-electron chi connectivity index (χ1n) is 10.6. The number of carbonyl (C=O) groups is 1. The molecule has 8 nitrogen and oxygen atoms in total. The van der Waals surface area contributed by atoms with E-state index in [2.05, 4.69) is 39.4 Å². The van der Waals surface area contributed by atoms with E-state index in [-0.39, 0.29) is 29.8 Å². The lowest BCUT2D eigenvalue weighted by atomic mass is 9.98. The highest BCUT2D eigenvalue weighted by Crippen LogP contribution is 2.24. The van der Waals surface area contributed by atoms with Gasteiger partial charge in [-0.1, -0.05) is 49.7 Å². The van der Waals surface area contributed by atoms with E-state index in [1.807, 2.05) is 30.3 Å². The number of aromatic nitrogens is 5. The van der Waals surface area contributed by atoms with Gasteiger partial charge in [-0.15, -0.1) is 5.10 Å². The summed E-state index contributed by atoms with van der Waals surface area (Å²) in [4.78, 5) is 33.2. The zero-order valence-corrected chi connectivity index (χ0v) is 17.7. The first-order valence-corrected chi connectivity index (χ1v) is 10.6. The molecule has 0 aliphatic carbocycles. The molecule has 2 N–H and O–H groups in total. The number of nitrogens with zero attached hydrogens (tertiary/aromatic N) is 4. The van der Waals surface area contributed by atoms with Gasteiger partial charge in [0.25, 0.3) is 5.56 Å². The molecule has 0 aliphatic rings. The number of para-hydroxylation sites is 2. The van der Waals surface area contributed by atoms with E-state index in [1.54, 1.807) is 18.2 Å². The van der Waals surface area contributed by atoms with E-state index in [0.29, 0.717) is 23.9 Å². The molecule has 0 bridgehead atoms. The second-order valence-electron chi connectivity index (χ2n) is 7.81. The molecule has 4 aromatic rings. The monoisotopic (exact) mass is 418 g/mol. The summed E-state index contributed by atoms with van der Waals surface area (Å²) in [5.41, 5.74) is 2.22. The number of hydrogen-bond donors (Lipinski definition) is 2. The Hall–Kier alpha value is -3.55. The number of hydrogen-bond acceptors (Lipinski definition) is 5. The molecule has 0 fully saturated rings. The summed E-state index contributed by atoms with van der Waals surface area (Å²) < 4.78 is 1.32. The molecule has 0 saturated heterocycles. The van der Waals surface area contributed by atoms with Crippen molar-refractivity contribution in [2.75, 3.05) is 0 Å². The van der Waals surface area contributed by atoms with Crippen LogP contribution in [0.1, 0.15) is 45.0 Å². The van der Waals surface area contributed by atoms with Crippen molar-refractivity contribution in [3.05, 3.63) is 64.7 Å². The van der Waals surface area contributed by atoms with Crippen molar-refractivity contribution in [3.8, 4) is 0 Å². The highest BCUT2D eigenvalue weighted by molar-refractivity contribution is 5.78. The maximum absolute atomic E-state index is 12.7. The van der Waals surface area contributed by atoms with Crippen LogP contribution in [0.25, 0.3) is 21.9 Å². The fourth-order valence-corrected chi connectivity index (χ4v) is 3.64. The SMILES string of the molecule is CC[C@H](C)[C@@H](NC(=O)CCCn1nnc2ccccc2c1=O)c1nc2ccccc2[nH]1. The Labute approximate surface area is 179 Å². The number of imidazole rings is 1. The van der Waals surface area contributed by atoms with Gasteiger partial charge in [-0.3, -0.25) is 9.59 Å². The molecule has 31 heavy (non-hydrogen) atoms. The Balaban J connectivity index is 1.41. The number of amides is 1. The summed E-state index contributed by atoms with van der Waals surface area (Å²) in [7, 11) is 0. The topological polar surface area (TPSA) is 106 Å². The molecule has 0 unspecified atom stereocenters. The normalized spacial score (nSPS) is 13.4. The molecule has 0 aliphatic heterocycles. The molecule has 1 amide bonds. The van der Waals surface area contributed by atoms with Gasteiger partial charge in [-0.05, 0) is 36.6 Å². The minimum absolute atomic E-state index is 0.0763. The molecule has 2 aromatic carbocycles. The number of fused-ring (bicyclic) bond motifs is 2. The lowest BCUT2D eigenvalue weighted by Gasteiger charge is -2.22. The average Bonchev–Trinajstić information content (AvgIpc) is 3.22. The van der Waals surface area contributed by atoms with Gasteiger partial charge in [0.05, 0.1) is 22.5 Å². The predicted octanol–water partition coefficient (Wildman–Crippen LogP) is 3.35. The van der Waals surface area contributed by atoms with Gasteiger partial charge in [0.1, 0.15) is 11.3 Å². The molecule has 0 radical (unpaired) electrons. The molecule has 4 rings (SSSR count). The third kappa shape index (κ3) is 4.47. The van der Waals surface area contributed by atoms with Crippen molar-refractivity contribution in [2.24, 2.45) is 5.92 Å². The first kappa shape index (κ1) is 20.7. The van der Waals surface area contributed by atoms with Gasteiger partial charge in [-0.2, -0.15) is 0 Å². The molecule has 0 spiro atoms. The maximum atomic E-state index is 12.7. The summed E-state index contributed by atoms with van der Waals surface area (Å²) in [6, 6.07) is 14.7. The largest absolute Gasteiger partial charge is 0.346 e. The number of benzene rings is 2. The number of aromatic amines is 1. The minimum atomic E-state index is -0.201. The van der Waals surface area contributed by atoms with Gasteiger partial charge in [0.15, 0.2) is 0 Å². The number of nitrogens with one attached hydrogen (secondary N) is 2. The molecule has 2 atom stereocenters. The predicted molar refractivity (Wildman–Crippen MR) is 119 cm³/mol. The Bertz CT molecular complexity index is 1230. The van der Waals surface area contributed by atoms with Gasteiger partial charge in [0, 0.05) is 13.0 Å². The van der Waals surface area contributed by atoms with E-state index in [9.17, 15) is 9.59 Å². The zero-order chi connectivity index (χ0) is 21.8. The fraction of sp³-hybridized carbons (Fsp3) is 0.348. The average molecular weight is 419 g/mol. The van der Waals surface area contributed by atoms with Crippen molar-refractivity contribution in [1.29, 1.82) is 0 Å². The van der Waals surface area contributed by atoms with Crippen LogP contribution in [-0.4, -0.2) is 30.9 Å². The van der Waals surface area contributed by atoms with E-state index in [4.69, 9.17) is 0 Å². The van der Waals surface area contributed by atoms with Gasteiger partial charge < -0.3 is 10.3 Å². The zero-order valence-electron chi connectivity index (χ0n) is 17.7. The van der Waals surface area contributed by atoms with Crippen molar-refractivity contribution in [1.82, 2.24) is 30.3 Å². The smallest absolute Gasteiger partial charge is 0.277 e. The number of rotatable bonds is 8. The summed E-state index contributed by atoms with van der Waals surface area (Å²) in [5.74, 6) is 0.909. The molecule has 2 aromatic heterocycles. The summed E-state index contributed by atoms with van der Waals surface area (Å²) >= 11 is 0. The quantitative estimate of drug-likeness (QED) is 0.456. The highest BCUT2D eigenvalue weighted by atomic mass is 16.1. The standard InChI is InChI=1S/C23H26N6O2/c1-3-15(2)21(22-24-18-11-6-7-12-19(18)25-22)26-20(30)13-8-14-29-23(31)16-9-4-5-10-17(16)27-28-29/h4-7,9-12,15,21H,3,8,13-14H2,1-2H3,(H,24,25)(H,26,30)/t15-,21+/m0/s1. The second-order valence-corrected chi connectivity index (χ2v) is 7.81. The Kier molecular flexibility index (Phi) is 6.06. The van der Waals surface area contributed by atoms with Crippen molar-refractivity contribution >= 4 is 27.8 Å². The number of aryl methyl sites for hydroxylation is 1. The van der Waals surface area contributed by atoms with Crippen LogP contribution >= 0.6 is 0 Å². The Morgan fingerprint density at radius 3 is 2.65 bits per heavy atom. The lowest BCUT2D eigenvalue weighted by Crippen LogP contribution is -2.33. The maximum Gasteiger partial charge on any atom is 0.277 e. The highest BCUT2D eigenvalue weighted by Gasteiger charge is 2.23. The third-order valence-corrected chi connectivity index (χ3v) is 5.63. The molecule has 160 valence electrons. The van der Waals surface area contributed by atoms with Crippen LogP contribution in [0.3, 0.4) is 0 Å². The van der Waals surface area contributed by atoms with Crippen LogP contribution in [0.2, 0.25) is 0 Å². The Morgan fingerprint density at radius 1 is 1.13 bits per heavy atom.